The van der Waals surface area contributed by atoms with Gasteiger partial charge in [0.05, 0.1) is 32.0 Å². The van der Waals surface area contributed by atoms with Crippen LogP contribution in [0.1, 0.15) is 271 Å². The molecule has 78 heavy (non-hydrogen) atoms. The molecule has 2 saturated heterocycles. The van der Waals surface area contributed by atoms with Gasteiger partial charge in [-0.25, -0.2) is 0 Å². The van der Waals surface area contributed by atoms with Crippen LogP contribution in [0, 0.1) is 0 Å². The van der Waals surface area contributed by atoms with Crippen LogP contribution in [-0.2, 0) is 23.7 Å². The maximum atomic E-state index is 13.3. The lowest BCUT2D eigenvalue weighted by Gasteiger charge is -2.46. The Bertz CT molecular complexity index is 1450. The zero-order valence-corrected chi connectivity index (χ0v) is 49.4. The Morgan fingerprint density at radius 2 is 0.846 bits per heavy atom. The molecule has 2 aliphatic rings. The van der Waals surface area contributed by atoms with Gasteiger partial charge in [-0.1, -0.05) is 249 Å². The molecular weight excluding hydrogens is 991 g/mol. The monoisotopic (exact) mass is 1110 g/mol. The topological polar surface area (TPSA) is 228 Å². The van der Waals surface area contributed by atoms with E-state index in [0.29, 0.717) is 12.8 Å². The van der Waals surface area contributed by atoms with Gasteiger partial charge in [0, 0.05) is 6.42 Å². The van der Waals surface area contributed by atoms with Crippen LogP contribution in [0.2, 0.25) is 0 Å². The van der Waals surface area contributed by atoms with Crippen molar-refractivity contribution < 1.29 is 64.6 Å². The summed E-state index contributed by atoms with van der Waals surface area (Å²) < 4.78 is 22.9. The summed E-state index contributed by atoms with van der Waals surface area (Å²) in [5.41, 5.74) is 0. The zero-order valence-electron chi connectivity index (χ0n) is 49.4. The van der Waals surface area contributed by atoms with E-state index in [1.807, 2.05) is 0 Å². The molecule has 2 heterocycles. The summed E-state index contributed by atoms with van der Waals surface area (Å²) in [5, 5.41) is 87.3. The Morgan fingerprint density at radius 3 is 1.29 bits per heavy atom. The maximum Gasteiger partial charge on any atom is 0.220 e. The number of hydrogen-bond acceptors (Lipinski definition) is 13. The summed E-state index contributed by atoms with van der Waals surface area (Å²) >= 11 is 0. The first-order chi connectivity index (χ1) is 38.1. The smallest absolute Gasteiger partial charge is 0.220 e. The van der Waals surface area contributed by atoms with Gasteiger partial charge in [-0.15, -0.1) is 0 Å². The fraction of sp³-hybridized carbons (Fsp3) is 0.891. The third-order valence-corrected chi connectivity index (χ3v) is 15.9. The molecule has 458 valence electrons. The molecule has 0 saturated carbocycles. The highest BCUT2D eigenvalue weighted by atomic mass is 16.7. The molecule has 0 aromatic heterocycles. The number of nitrogens with one attached hydrogen (secondary N) is 1. The Kier molecular flexibility index (Phi) is 46.2. The van der Waals surface area contributed by atoms with Crippen molar-refractivity contribution in [3.8, 4) is 0 Å². The average molecular weight is 1110 g/mol. The molecule has 14 nitrogen and oxygen atoms in total. The van der Waals surface area contributed by atoms with Crippen molar-refractivity contribution in [2.45, 2.75) is 344 Å². The third kappa shape index (κ3) is 34.6. The quantitative estimate of drug-likeness (QED) is 0.0204. The van der Waals surface area contributed by atoms with Crippen LogP contribution < -0.4 is 5.32 Å². The molecule has 2 aliphatic heterocycles. The van der Waals surface area contributed by atoms with Crippen molar-refractivity contribution in [1.29, 1.82) is 0 Å². The molecular formula is C64H119NO13. The van der Waals surface area contributed by atoms with Gasteiger partial charge in [0.25, 0.3) is 0 Å². The molecule has 12 unspecified atom stereocenters. The molecule has 12 atom stereocenters. The van der Waals surface area contributed by atoms with Crippen molar-refractivity contribution in [2.24, 2.45) is 0 Å². The summed E-state index contributed by atoms with van der Waals surface area (Å²) in [4.78, 5) is 13.3. The largest absolute Gasteiger partial charge is 0.394 e. The minimum atomic E-state index is -1.78. The molecule has 0 aromatic rings. The molecule has 0 spiro atoms. The first-order valence-electron chi connectivity index (χ1n) is 32.2. The lowest BCUT2D eigenvalue weighted by molar-refractivity contribution is -0.359. The predicted octanol–water partition coefficient (Wildman–Crippen LogP) is 11.8. The fourth-order valence-corrected chi connectivity index (χ4v) is 10.7. The van der Waals surface area contributed by atoms with Crippen LogP contribution in [0.5, 0.6) is 0 Å². The predicted molar refractivity (Wildman–Crippen MR) is 314 cm³/mol. The highest BCUT2D eigenvalue weighted by Gasteiger charge is 2.51. The summed E-state index contributed by atoms with van der Waals surface area (Å²) in [5.74, 6) is -0.205. The average Bonchev–Trinajstić information content (AvgIpc) is 3.47. The third-order valence-electron chi connectivity index (χ3n) is 15.9. The van der Waals surface area contributed by atoms with E-state index in [0.717, 1.165) is 64.2 Å². The van der Waals surface area contributed by atoms with Crippen LogP contribution >= 0.6 is 0 Å². The lowest BCUT2D eigenvalue weighted by atomic mass is 9.97. The Hall–Kier alpha value is -1.79. The molecule has 0 aromatic carbocycles. The standard InChI is InChI=1S/C64H119NO13/c1-3-5-7-9-11-13-15-17-19-20-21-22-23-24-25-26-27-28-29-30-31-32-34-36-38-40-42-44-46-48-56(69)65-52(53(68)47-45-43-41-39-37-35-33-18-16-14-12-10-8-6-4-2)51-75-63-61(74)59(72)62(55(50-67)77-63)78-64-60(73)58(71)57(70)54(49-66)76-64/h15,17,20-21,23-24,52-55,57-64,66-68,70-74H,3-14,16,18-19,22,25-51H2,1-2H3,(H,65,69)/b17-15-,21-20-,24-23-. The highest BCUT2D eigenvalue weighted by molar-refractivity contribution is 5.76. The number of hydrogen-bond donors (Lipinski definition) is 9. The van der Waals surface area contributed by atoms with Gasteiger partial charge in [0.15, 0.2) is 12.6 Å². The van der Waals surface area contributed by atoms with E-state index in [2.05, 4.69) is 55.6 Å². The molecule has 2 fully saturated rings. The number of allylic oxidation sites excluding steroid dienone is 6. The number of aliphatic hydroxyl groups excluding tert-OH is 8. The van der Waals surface area contributed by atoms with Crippen LogP contribution in [0.3, 0.4) is 0 Å². The Labute approximate surface area is 474 Å². The SMILES string of the molecule is CCCCCCC/C=C\C/C=C\C/C=C\CCCCCCCCCCCCCCCCC(=O)NC(COC1OC(CO)C(OC2OC(CO)C(O)C(O)C2O)C(O)C1O)C(O)CCCCCCCCCCCCCCCCC. The molecule has 1 amide bonds. The van der Waals surface area contributed by atoms with Gasteiger partial charge in [0.2, 0.25) is 5.91 Å². The number of ether oxygens (including phenoxy) is 4. The maximum absolute atomic E-state index is 13.3. The van der Waals surface area contributed by atoms with Gasteiger partial charge < -0.3 is 65.1 Å². The summed E-state index contributed by atoms with van der Waals surface area (Å²) in [7, 11) is 0. The van der Waals surface area contributed by atoms with Gasteiger partial charge in [-0.05, 0) is 51.4 Å². The van der Waals surface area contributed by atoms with E-state index in [-0.39, 0.29) is 12.5 Å². The van der Waals surface area contributed by atoms with Crippen LogP contribution in [-0.4, -0.2) is 140 Å². The Balaban J connectivity index is 1.67. The molecule has 2 rings (SSSR count). The second-order valence-corrected chi connectivity index (χ2v) is 22.9. The van der Waals surface area contributed by atoms with Gasteiger partial charge in [-0.3, -0.25) is 4.79 Å². The molecule has 14 heteroatoms. The van der Waals surface area contributed by atoms with Crippen LogP contribution in [0.4, 0.5) is 0 Å². The lowest BCUT2D eigenvalue weighted by Crippen LogP contribution is -2.65. The van der Waals surface area contributed by atoms with E-state index < -0.39 is 86.8 Å². The number of unbranched alkanes of at least 4 members (excludes halogenated alkanes) is 33. The number of amides is 1. The van der Waals surface area contributed by atoms with Crippen molar-refractivity contribution in [3.05, 3.63) is 36.5 Å². The summed E-state index contributed by atoms with van der Waals surface area (Å²) in [6, 6.07) is -0.828. The van der Waals surface area contributed by atoms with Crippen LogP contribution in [0.25, 0.3) is 0 Å². The zero-order chi connectivity index (χ0) is 56.7. The van der Waals surface area contributed by atoms with Crippen LogP contribution in [0.15, 0.2) is 36.5 Å². The first-order valence-corrected chi connectivity index (χ1v) is 32.2. The van der Waals surface area contributed by atoms with E-state index in [1.165, 1.54) is 180 Å². The second-order valence-electron chi connectivity index (χ2n) is 22.9. The van der Waals surface area contributed by atoms with Gasteiger partial charge in [-0.2, -0.15) is 0 Å². The van der Waals surface area contributed by atoms with Crippen molar-refractivity contribution in [2.75, 3.05) is 19.8 Å². The van der Waals surface area contributed by atoms with Gasteiger partial charge in [0.1, 0.15) is 48.8 Å². The normalized spacial score (nSPS) is 24.7. The van der Waals surface area contributed by atoms with Crippen molar-refractivity contribution in [1.82, 2.24) is 5.32 Å². The molecule has 0 bridgehead atoms. The van der Waals surface area contributed by atoms with Crippen molar-refractivity contribution >= 4 is 5.91 Å². The van der Waals surface area contributed by atoms with E-state index in [1.54, 1.807) is 0 Å². The number of rotatable bonds is 52. The minimum Gasteiger partial charge on any atom is -0.394 e. The van der Waals surface area contributed by atoms with E-state index >= 15 is 0 Å². The van der Waals surface area contributed by atoms with Gasteiger partial charge >= 0.3 is 0 Å². The molecule has 9 N–H and O–H groups in total. The number of carbonyl (C=O) groups excluding carboxylic acids is 1. The Morgan fingerprint density at radius 1 is 0.462 bits per heavy atom. The first kappa shape index (κ1) is 72.3. The molecule has 0 radical (unpaired) electrons. The summed E-state index contributed by atoms with van der Waals surface area (Å²) in [6.45, 7) is 2.87. The highest BCUT2D eigenvalue weighted by Crippen LogP contribution is 2.30. The minimum absolute atomic E-state index is 0.205. The molecule has 0 aliphatic carbocycles. The van der Waals surface area contributed by atoms with Crippen molar-refractivity contribution in [3.63, 3.8) is 0 Å². The second kappa shape index (κ2) is 49.8. The number of carbonyl (C=O) groups is 1. The summed E-state index contributed by atoms with van der Waals surface area (Å²) in [6.07, 6.45) is 44.3. The van der Waals surface area contributed by atoms with E-state index in [4.69, 9.17) is 18.9 Å². The number of aliphatic hydroxyl groups is 8. The fourth-order valence-electron chi connectivity index (χ4n) is 10.7. The van der Waals surface area contributed by atoms with E-state index in [9.17, 15) is 45.6 Å².